The van der Waals surface area contributed by atoms with E-state index in [2.05, 4.69) is 14.8 Å². The van der Waals surface area contributed by atoms with E-state index in [4.69, 9.17) is 0 Å². The van der Waals surface area contributed by atoms with Crippen LogP contribution in [0.5, 0.6) is 0 Å². The van der Waals surface area contributed by atoms with E-state index in [-0.39, 0.29) is 12.5 Å². The molecule has 0 fully saturated rings. The summed E-state index contributed by atoms with van der Waals surface area (Å²) in [6.07, 6.45) is 0. The van der Waals surface area contributed by atoms with Crippen molar-refractivity contribution in [1.29, 1.82) is 0 Å². The highest BCUT2D eigenvalue weighted by Crippen LogP contribution is 2.10. The number of hydrogen-bond acceptors (Lipinski definition) is 5. The lowest BCUT2D eigenvalue weighted by molar-refractivity contribution is -0.156. The lowest BCUT2D eigenvalue weighted by atomic mass is 10.2. The van der Waals surface area contributed by atoms with Crippen LogP contribution >= 0.6 is 22.6 Å². The second-order valence-corrected chi connectivity index (χ2v) is 4.56. The van der Waals surface area contributed by atoms with Crippen LogP contribution in [0.15, 0.2) is 24.3 Å². The van der Waals surface area contributed by atoms with E-state index >= 15 is 0 Å². The fourth-order valence-corrected chi connectivity index (χ4v) is 1.77. The van der Waals surface area contributed by atoms with Gasteiger partial charge >= 0.3 is 11.9 Å². The number of carbonyl (C=O) groups excluding carboxylic acids is 3. The first kappa shape index (κ1) is 15.4. The van der Waals surface area contributed by atoms with Crippen LogP contribution in [0, 0.1) is 3.57 Å². The molecule has 0 radical (unpaired) electrons. The molecule has 6 nitrogen and oxygen atoms in total. The van der Waals surface area contributed by atoms with Gasteiger partial charge in [-0.05, 0) is 34.7 Å². The normalized spacial score (nSPS) is 9.58. The lowest BCUT2D eigenvalue weighted by Crippen LogP contribution is -2.32. The van der Waals surface area contributed by atoms with Crippen LogP contribution in [0.4, 0.5) is 0 Å². The average molecular weight is 377 g/mol. The van der Waals surface area contributed by atoms with Gasteiger partial charge in [-0.2, -0.15) is 0 Å². The number of carbonyl (C=O) groups is 3. The van der Waals surface area contributed by atoms with E-state index in [9.17, 15) is 14.4 Å². The zero-order valence-electron chi connectivity index (χ0n) is 10.1. The molecule has 19 heavy (non-hydrogen) atoms. The van der Waals surface area contributed by atoms with E-state index in [1.54, 1.807) is 18.2 Å². The maximum absolute atomic E-state index is 11.7. The fraction of sp³-hybridized carbons (Fsp3) is 0.250. The van der Waals surface area contributed by atoms with Gasteiger partial charge in [0.1, 0.15) is 6.54 Å². The van der Waals surface area contributed by atoms with Gasteiger partial charge in [0.15, 0.2) is 6.61 Å². The van der Waals surface area contributed by atoms with Gasteiger partial charge in [-0.3, -0.25) is 9.59 Å². The topological polar surface area (TPSA) is 81.7 Å². The zero-order valence-corrected chi connectivity index (χ0v) is 12.3. The highest BCUT2D eigenvalue weighted by molar-refractivity contribution is 14.1. The number of amides is 1. The van der Waals surface area contributed by atoms with Gasteiger partial charge in [-0.15, -0.1) is 0 Å². The van der Waals surface area contributed by atoms with Crippen LogP contribution in [0.3, 0.4) is 0 Å². The molecular weight excluding hydrogens is 365 g/mol. The fourth-order valence-electron chi connectivity index (χ4n) is 1.14. The molecule has 0 aromatic heterocycles. The molecule has 1 aromatic rings. The Labute approximate surface area is 123 Å². The number of hydrogen-bond donors (Lipinski definition) is 1. The summed E-state index contributed by atoms with van der Waals surface area (Å²) < 4.78 is 9.67. The Balaban J connectivity index is 2.40. The molecule has 1 rings (SSSR count). The molecule has 0 unspecified atom stereocenters. The van der Waals surface area contributed by atoms with Crippen molar-refractivity contribution in [2.24, 2.45) is 0 Å². The second kappa shape index (κ2) is 7.72. The van der Waals surface area contributed by atoms with Crippen LogP contribution in [0.2, 0.25) is 0 Å². The Morgan fingerprint density at radius 2 is 1.89 bits per heavy atom. The molecule has 0 aliphatic rings. The van der Waals surface area contributed by atoms with E-state index in [1.807, 2.05) is 28.7 Å². The van der Waals surface area contributed by atoms with Gasteiger partial charge in [0, 0.05) is 3.57 Å². The number of benzene rings is 1. The molecular formula is C12H12INO5. The van der Waals surface area contributed by atoms with Crippen molar-refractivity contribution < 1.29 is 23.9 Å². The van der Waals surface area contributed by atoms with Crippen molar-refractivity contribution in [1.82, 2.24) is 5.32 Å². The van der Waals surface area contributed by atoms with Crippen LogP contribution in [-0.4, -0.2) is 38.1 Å². The van der Waals surface area contributed by atoms with Crippen molar-refractivity contribution in [3.63, 3.8) is 0 Å². The summed E-state index contributed by atoms with van der Waals surface area (Å²) in [6.45, 7) is -0.769. The van der Waals surface area contributed by atoms with Crippen molar-refractivity contribution >= 4 is 40.4 Å². The summed E-state index contributed by atoms with van der Waals surface area (Å²) >= 11 is 2.02. The first-order valence-electron chi connectivity index (χ1n) is 5.29. The number of rotatable bonds is 5. The van der Waals surface area contributed by atoms with Crippen LogP contribution in [0.25, 0.3) is 0 Å². The van der Waals surface area contributed by atoms with Gasteiger partial charge in [0.05, 0.1) is 12.7 Å². The largest absolute Gasteiger partial charge is 0.466 e. The smallest absolute Gasteiger partial charge is 0.344 e. The van der Waals surface area contributed by atoms with Crippen molar-refractivity contribution in [3.8, 4) is 0 Å². The maximum Gasteiger partial charge on any atom is 0.344 e. The summed E-state index contributed by atoms with van der Waals surface area (Å²) in [5.74, 6) is -1.73. The Kier molecular flexibility index (Phi) is 6.26. The van der Waals surface area contributed by atoms with Gasteiger partial charge in [0.2, 0.25) is 0 Å². The number of ether oxygens (including phenoxy) is 2. The van der Waals surface area contributed by atoms with Crippen LogP contribution in [-0.2, 0) is 19.1 Å². The Hall–Kier alpha value is -1.64. The molecule has 0 saturated heterocycles. The molecule has 7 heteroatoms. The number of esters is 2. The third-order valence-electron chi connectivity index (χ3n) is 2.09. The third kappa shape index (κ3) is 5.25. The molecule has 1 aromatic carbocycles. The van der Waals surface area contributed by atoms with E-state index in [0.717, 1.165) is 3.57 Å². The van der Waals surface area contributed by atoms with Crippen molar-refractivity contribution in [2.45, 2.75) is 0 Å². The Morgan fingerprint density at radius 1 is 1.21 bits per heavy atom. The van der Waals surface area contributed by atoms with Crippen molar-refractivity contribution in [3.05, 3.63) is 33.4 Å². The quantitative estimate of drug-likeness (QED) is 0.605. The summed E-state index contributed by atoms with van der Waals surface area (Å²) in [7, 11) is 1.19. The predicted octanol–water partition coefficient (Wildman–Crippen LogP) is 0.737. The summed E-state index contributed by atoms with van der Waals surface area (Å²) in [6, 6.07) is 6.97. The number of nitrogens with one attached hydrogen (secondary N) is 1. The predicted molar refractivity (Wildman–Crippen MR) is 74.5 cm³/mol. The van der Waals surface area contributed by atoms with Gasteiger partial charge in [-0.1, -0.05) is 12.1 Å². The Morgan fingerprint density at radius 3 is 2.53 bits per heavy atom. The minimum absolute atomic E-state index is 0.305. The SMILES string of the molecule is COC(=O)COC(=O)CNC(=O)c1ccccc1I. The van der Waals surface area contributed by atoms with E-state index in [0.29, 0.717) is 5.56 Å². The Bertz CT molecular complexity index is 489. The standard InChI is InChI=1S/C12H12INO5/c1-18-11(16)7-19-10(15)6-14-12(17)8-4-2-3-5-9(8)13/h2-5H,6-7H2,1H3,(H,14,17). The molecule has 0 spiro atoms. The van der Waals surface area contributed by atoms with Crippen LogP contribution in [0.1, 0.15) is 10.4 Å². The second-order valence-electron chi connectivity index (χ2n) is 3.40. The monoisotopic (exact) mass is 377 g/mol. The summed E-state index contributed by atoms with van der Waals surface area (Å²) in [5, 5.41) is 2.41. The highest BCUT2D eigenvalue weighted by Gasteiger charge is 2.12. The van der Waals surface area contributed by atoms with E-state index < -0.39 is 18.5 Å². The lowest BCUT2D eigenvalue weighted by Gasteiger charge is -2.06. The third-order valence-corrected chi connectivity index (χ3v) is 3.03. The number of halogens is 1. The molecule has 0 heterocycles. The van der Waals surface area contributed by atoms with Gasteiger partial charge in [0.25, 0.3) is 5.91 Å². The summed E-state index contributed by atoms with van der Waals surface area (Å²) in [4.78, 5) is 33.7. The molecule has 0 aliphatic carbocycles. The van der Waals surface area contributed by atoms with Crippen LogP contribution < -0.4 is 5.32 Å². The molecule has 1 amide bonds. The minimum atomic E-state index is -0.704. The van der Waals surface area contributed by atoms with Gasteiger partial charge in [-0.25, -0.2) is 4.79 Å². The molecule has 0 bridgehead atoms. The molecule has 0 atom stereocenters. The molecule has 102 valence electrons. The number of methoxy groups -OCH3 is 1. The van der Waals surface area contributed by atoms with Gasteiger partial charge < -0.3 is 14.8 Å². The first-order chi connectivity index (χ1) is 9.04. The molecule has 0 aliphatic heterocycles. The highest BCUT2D eigenvalue weighted by atomic mass is 127. The molecule has 1 N–H and O–H groups in total. The summed E-state index contributed by atoms with van der Waals surface area (Å²) in [5.41, 5.74) is 0.476. The first-order valence-corrected chi connectivity index (χ1v) is 6.37. The minimum Gasteiger partial charge on any atom is -0.466 e. The van der Waals surface area contributed by atoms with Crippen molar-refractivity contribution in [2.75, 3.05) is 20.3 Å². The zero-order chi connectivity index (χ0) is 14.3. The average Bonchev–Trinajstić information content (AvgIpc) is 2.42. The molecule has 0 saturated carbocycles. The maximum atomic E-state index is 11.7. The van der Waals surface area contributed by atoms with E-state index in [1.165, 1.54) is 7.11 Å².